The van der Waals surface area contributed by atoms with Gasteiger partial charge in [-0.15, -0.1) is 0 Å². The molecule has 0 bridgehead atoms. The summed E-state index contributed by atoms with van der Waals surface area (Å²) >= 11 is 3.57. The second kappa shape index (κ2) is 5.40. The Kier molecular flexibility index (Phi) is 3.26. The quantitative estimate of drug-likeness (QED) is 0.571. The molecule has 0 aliphatic carbocycles. The van der Waals surface area contributed by atoms with Crippen molar-refractivity contribution < 1.29 is 0 Å². The van der Waals surface area contributed by atoms with Gasteiger partial charge in [-0.2, -0.15) is 9.97 Å². The van der Waals surface area contributed by atoms with E-state index in [1.807, 2.05) is 0 Å². The van der Waals surface area contributed by atoms with Crippen molar-refractivity contribution >= 4 is 44.5 Å². The van der Waals surface area contributed by atoms with Gasteiger partial charge < -0.3 is 20.9 Å². The van der Waals surface area contributed by atoms with Crippen LogP contribution in [0.4, 0.5) is 17.5 Å². The van der Waals surface area contributed by atoms with Gasteiger partial charge in [0, 0.05) is 29.5 Å². The van der Waals surface area contributed by atoms with Gasteiger partial charge in [0.15, 0.2) is 11.5 Å². The molecular weight excluding hydrogens is 382 g/mol. The first-order valence-corrected chi connectivity index (χ1v) is 9.47. The number of rotatable bonds is 2. The fraction of sp³-hybridized carbons (Fsp3) is 0.353. The van der Waals surface area contributed by atoms with E-state index in [1.165, 1.54) is 16.8 Å². The van der Waals surface area contributed by atoms with Crippen LogP contribution in [0, 0.1) is 0 Å². The summed E-state index contributed by atoms with van der Waals surface area (Å²) in [7, 11) is 0. The van der Waals surface area contributed by atoms with Crippen LogP contribution in [0.15, 0.2) is 24.5 Å². The number of H-pyrrole nitrogens is 1. The number of nitrogens with two attached hydrogens (primary N) is 1. The number of alkyl halides is 1. The lowest BCUT2D eigenvalue weighted by molar-refractivity contribution is 0.508. The molecule has 1 fully saturated rings. The largest absolute Gasteiger partial charge is 0.368 e. The van der Waals surface area contributed by atoms with E-state index in [0.29, 0.717) is 5.65 Å². The summed E-state index contributed by atoms with van der Waals surface area (Å²) in [6.45, 7) is 2.90. The third-order valence-electron chi connectivity index (χ3n) is 5.32. The van der Waals surface area contributed by atoms with Crippen LogP contribution in [-0.4, -0.2) is 39.6 Å². The van der Waals surface area contributed by atoms with Crippen molar-refractivity contribution in [2.24, 2.45) is 0 Å². The van der Waals surface area contributed by atoms with Crippen LogP contribution < -0.4 is 16.0 Å². The average Bonchev–Trinajstić information content (AvgIpc) is 3.34. The van der Waals surface area contributed by atoms with Crippen molar-refractivity contribution in [3.05, 3.63) is 35.7 Å². The highest BCUT2D eigenvalue weighted by Crippen LogP contribution is 2.48. The summed E-state index contributed by atoms with van der Waals surface area (Å²) in [5.74, 6) is 1.05. The van der Waals surface area contributed by atoms with Crippen molar-refractivity contribution in [2.45, 2.75) is 17.2 Å². The van der Waals surface area contributed by atoms with Crippen molar-refractivity contribution in [2.75, 3.05) is 30.3 Å². The monoisotopic (exact) mass is 399 g/mol. The Bertz CT molecular complexity index is 961. The van der Waals surface area contributed by atoms with Crippen LogP contribution >= 0.6 is 15.9 Å². The Balaban J connectivity index is 1.73. The Morgan fingerprint density at radius 3 is 3.04 bits per heavy atom. The lowest BCUT2D eigenvalue weighted by Gasteiger charge is -2.24. The molecule has 5 rings (SSSR count). The Morgan fingerprint density at radius 1 is 1.32 bits per heavy atom. The molecule has 2 aliphatic rings. The summed E-state index contributed by atoms with van der Waals surface area (Å²) in [4.78, 5) is 18.5. The first kappa shape index (κ1) is 15.1. The Hall–Kier alpha value is -2.19. The number of benzene rings is 1. The molecule has 1 atom stereocenters. The van der Waals surface area contributed by atoms with Gasteiger partial charge >= 0.3 is 0 Å². The fourth-order valence-electron chi connectivity index (χ4n) is 4.13. The van der Waals surface area contributed by atoms with E-state index in [2.05, 4.69) is 64.3 Å². The summed E-state index contributed by atoms with van der Waals surface area (Å²) in [6, 6.07) is 6.72. The van der Waals surface area contributed by atoms with E-state index in [0.717, 1.165) is 42.7 Å². The van der Waals surface area contributed by atoms with Crippen molar-refractivity contribution in [1.29, 1.82) is 0 Å². The molecule has 8 heteroatoms. The molecule has 4 heterocycles. The molecule has 4 N–H and O–H groups in total. The number of nitrogen functional groups attached to an aromatic ring is 1. The van der Waals surface area contributed by atoms with Gasteiger partial charge in [0.2, 0.25) is 5.95 Å². The SMILES string of the molecule is Nc1nc(N2CC3(CCNC3)c3ccc(CBr)cc32)c2[nH]cnc2n1. The number of nitrogens with zero attached hydrogens (tertiary/aromatic N) is 4. The summed E-state index contributed by atoms with van der Waals surface area (Å²) in [5, 5.41) is 4.35. The number of aromatic nitrogens is 4. The van der Waals surface area contributed by atoms with E-state index in [9.17, 15) is 0 Å². The molecule has 3 aromatic rings. The van der Waals surface area contributed by atoms with E-state index < -0.39 is 0 Å². The fourth-order valence-corrected chi connectivity index (χ4v) is 4.48. The molecule has 0 radical (unpaired) electrons. The molecule has 2 aliphatic heterocycles. The zero-order valence-corrected chi connectivity index (χ0v) is 15.2. The first-order valence-electron chi connectivity index (χ1n) is 8.34. The third kappa shape index (κ3) is 2.17. The second-order valence-corrected chi connectivity index (χ2v) is 7.35. The molecule has 2 aromatic heterocycles. The van der Waals surface area contributed by atoms with Crippen LogP contribution in [-0.2, 0) is 10.7 Å². The van der Waals surface area contributed by atoms with Gasteiger partial charge in [0.25, 0.3) is 0 Å². The molecule has 0 amide bonds. The average molecular weight is 400 g/mol. The molecular formula is C17H18BrN7. The number of imidazole rings is 1. The first-order chi connectivity index (χ1) is 12.2. The lowest BCUT2D eigenvalue weighted by Crippen LogP contribution is -2.34. The summed E-state index contributed by atoms with van der Waals surface area (Å²) in [5.41, 5.74) is 11.3. The van der Waals surface area contributed by atoms with E-state index in [-0.39, 0.29) is 11.4 Å². The summed E-state index contributed by atoms with van der Waals surface area (Å²) < 4.78 is 0. The maximum atomic E-state index is 5.95. The number of halogens is 1. The molecule has 1 aromatic carbocycles. The van der Waals surface area contributed by atoms with Gasteiger partial charge in [0.1, 0.15) is 5.52 Å². The number of hydrogen-bond donors (Lipinski definition) is 3. The number of fused-ring (bicyclic) bond motifs is 3. The van der Waals surface area contributed by atoms with E-state index in [4.69, 9.17) is 5.73 Å². The van der Waals surface area contributed by atoms with Gasteiger partial charge in [-0.3, -0.25) is 0 Å². The third-order valence-corrected chi connectivity index (χ3v) is 5.97. The maximum Gasteiger partial charge on any atom is 0.224 e. The summed E-state index contributed by atoms with van der Waals surface area (Å²) in [6.07, 6.45) is 2.76. The number of anilines is 3. The van der Waals surface area contributed by atoms with Crippen LogP contribution in [0.2, 0.25) is 0 Å². The normalized spacial score (nSPS) is 22.2. The van der Waals surface area contributed by atoms with Gasteiger partial charge in [-0.25, -0.2) is 4.98 Å². The van der Waals surface area contributed by atoms with Crippen LogP contribution in [0.25, 0.3) is 11.2 Å². The number of aromatic amines is 1. The molecule has 1 saturated heterocycles. The molecule has 1 spiro atoms. The molecule has 7 nitrogen and oxygen atoms in total. The number of hydrogen-bond acceptors (Lipinski definition) is 6. The minimum Gasteiger partial charge on any atom is -0.368 e. The topological polar surface area (TPSA) is 95.8 Å². The standard InChI is InChI=1S/C17H18BrN7/c18-6-10-1-2-11-12(5-10)25(8-17(11)3-4-20-7-17)15-13-14(22-9-21-13)23-16(19)24-15/h1-2,5,9,20H,3-4,6-8H2,(H3,19,21,22,23,24). The predicted molar refractivity (Wildman–Crippen MR) is 101 cm³/mol. The number of nitrogens with one attached hydrogen (secondary N) is 2. The maximum absolute atomic E-state index is 5.95. The lowest BCUT2D eigenvalue weighted by atomic mass is 9.81. The smallest absolute Gasteiger partial charge is 0.224 e. The highest BCUT2D eigenvalue weighted by atomic mass is 79.9. The Labute approximate surface area is 153 Å². The minimum atomic E-state index is 0.117. The minimum absolute atomic E-state index is 0.117. The zero-order valence-electron chi connectivity index (χ0n) is 13.6. The Morgan fingerprint density at radius 2 is 2.24 bits per heavy atom. The second-order valence-electron chi connectivity index (χ2n) is 6.78. The zero-order chi connectivity index (χ0) is 17.0. The van der Waals surface area contributed by atoms with Gasteiger partial charge in [0.05, 0.1) is 6.33 Å². The molecule has 25 heavy (non-hydrogen) atoms. The van der Waals surface area contributed by atoms with Crippen molar-refractivity contribution in [3.8, 4) is 0 Å². The van der Waals surface area contributed by atoms with Crippen LogP contribution in [0.5, 0.6) is 0 Å². The van der Waals surface area contributed by atoms with E-state index >= 15 is 0 Å². The van der Waals surface area contributed by atoms with Crippen molar-refractivity contribution in [3.63, 3.8) is 0 Å². The highest BCUT2D eigenvalue weighted by Gasteiger charge is 2.46. The van der Waals surface area contributed by atoms with E-state index in [1.54, 1.807) is 6.33 Å². The molecule has 1 unspecified atom stereocenters. The van der Waals surface area contributed by atoms with Crippen LogP contribution in [0.1, 0.15) is 17.5 Å². The van der Waals surface area contributed by atoms with Crippen LogP contribution in [0.3, 0.4) is 0 Å². The molecule has 128 valence electrons. The highest BCUT2D eigenvalue weighted by molar-refractivity contribution is 9.08. The molecule has 0 saturated carbocycles. The predicted octanol–water partition coefficient (Wildman–Crippen LogP) is 2.21. The van der Waals surface area contributed by atoms with Crippen molar-refractivity contribution in [1.82, 2.24) is 25.3 Å². The van der Waals surface area contributed by atoms with Gasteiger partial charge in [-0.05, 0) is 30.2 Å². The van der Waals surface area contributed by atoms with Gasteiger partial charge in [-0.1, -0.05) is 28.1 Å².